The Morgan fingerprint density at radius 1 is 1.24 bits per heavy atom. The number of halogens is 1. The van der Waals surface area contributed by atoms with Gasteiger partial charge in [0.25, 0.3) is 0 Å². The molecule has 0 radical (unpaired) electrons. The SMILES string of the molecule is Cc1cc(C)n(CC2CN(c3ncnc4ccc(F)cc34)CCO2)n1. The topological polar surface area (TPSA) is 56.1 Å². The smallest absolute Gasteiger partial charge is 0.140 e. The second kappa shape index (κ2) is 6.40. The van der Waals surface area contributed by atoms with Gasteiger partial charge in [0.15, 0.2) is 0 Å². The van der Waals surface area contributed by atoms with Crippen molar-refractivity contribution in [3.05, 3.63) is 47.8 Å². The highest BCUT2D eigenvalue weighted by Gasteiger charge is 2.24. The van der Waals surface area contributed by atoms with Gasteiger partial charge in [0.2, 0.25) is 0 Å². The number of aromatic nitrogens is 4. The summed E-state index contributed by atoms with van der Waals surface area (Å²) < 4.78 is 21.6. The van der Waals surface area contributed by atoms with E-state index >= 15 is 0 Å². The van der Waals surface area contributed by atoms with E-state index in [0.29, 0.717) is 19.7 Å². The molecule has 4 rings (SSSR count). The number of aryl methyl sites for hydroxylation is 2. The van der Waals surface area contributed by atoms with Crippen molar-refractivity contribution in [2.75, 3.05) is 24.6 Å². The van der Waals surface area contributed by atoms with E-state index in [9.17, 15) is 4.39 Å². The normalized spacial score (nSPS) is 18.0. The molecule has 0 saturated carbocycles. The van der Waals surface area contributed by atoms with E-state index in [2.05, 4.69) is 26.0 Å². The van der Waals surface area contributed by atoms with Crippen LogP contribution < -0.4 is 4.90 Å². The maximum absolute atomic E-state index is 13.7. The Hall–Kier alpha value is -2.54. The Balaban J connectivity index is 1.59. The molecule has 3 heterocycles. The molecule has 0 aliphatic carbocycles. The van der Waals surface area contributed by atoms with Gasteiger partial charge in [-0.25, -0.2) is 14.4 Å². The molecule has 3 aromatic rings. The van der Waals surface area contributed by atoms with Gasteiger partial charge in [-0.05, 0) is 38.1 Å². The molecule has 1 atom stereocenters. The first-order valence-electron chi connectivity index (χ1n) is 8.38. The second-order valence-corrected chi connectivity index (χ2v) is 6.41. The molecule has 1 saturated heterocycles. The summed E-state index contributed by atoms with van der Waals surface area (Å²) in [4.78, 5) is 10.8. The summed E-state index contributed by atoms with van der Waals surface area (Å²) in [5.74, 6) is 0.474. The van der Waals surface area contributed by atoms with Crippen LogP contribution in [0.4, 0.5) is 10.2 Å². The molecule has 1 fully saturated rings. The van der Waals surface area contributed by atoms with E-state index in [4.69, 9.17) is 4.74 Å². The number of morpholine rings is 1. The summed E-state index contributed by atoms with van der Waals surface area (Å²) in [5, 5.41) is 5.24. The second-order valence-electron chi connectivity index (χ2n) is 6.41. The summed E-state index contributed by atoms with van der Waals surface area (Å²) in [7, 11) is 0. The molecule has 7 heteroatoms. The third-order valence-electron chi connectivity index (χ3n) is 4.49. The molecule has 0 amide bonds. The standard InChI is InChI=1S/C18H20FN5O/c1-12-7-13(2)24(22-12)10-15-9-23(5-6-25-15)18-16-8-14(19)3-4-17(16)20-11-21-18/h3-4,7-8,11,15H,5-6,9-10H2,1-2H3. The van der Waals surface area contributed by atoms with Crippen LogP contribution in [0.15, 0.2) is 30.6 Å². The zero-order valence-electron chi connectivity index (χ0n) is 14.3. The van der Waals surface area contributed by atoms with E-state index < -0.39 is 0 Å². The van der Waals surface area contributed by atoms with Crippen molar-refractivity contribution in [3.63, 3.8) is 0 Å². The molecule has 1 aromatic carbocycles. The van der Waals surface area contributed by atoms with Crippen molar-refractivity contribution < 1.29 is 9.13 Å². The van der Waals surface area contributed by atoms with Crippen molar-refractivity contribution in [1.29, 1.82) is 0 Å². The van der Waals surface area contributed by atoms with Crippen LogP contribution in [0.5, 0.6) is 0 Å². The molecule has 25 heavy (non-hydrogen) atoms. The number of benzene rings is 1. The number of rotatable bonds is 3. The largest absolute Gasteiger partial charge is 0.373 e. The van der Waals surface area contributed by atoms with Gasteiger partial charge in [-0.1, -0.05) is 0 Å². The quantitative estimate of drug-likeness (QED) is 0.733. The lowest BCUT2D eigenvalue weighted by Crippen LogP contribution is -2.45. The van der Waals surface area contributed by atoms with E-state index in [-0.39, 0.29) is 11.9 Å². The van der Waals surface area contributed by atoms with Gasteiger partial charge in [0.05, 0.1) is 30.5 Å². The van der Waals surface area contributed by atoms with Gasteiger partial charge < -0.3 is 9.64 Å². The monoisotopic (exact) mass is 341 g/mol. The first-order valence-corrected chi connectivity index (χ1v) is 8.38. The molecular weight excluding hydrogens is 321 g/mol. The number of nitrogens with zero attached hydrogens (tertiary/aromatic N) is 5. The van der Waals surface area contributed by atoms with E-state index in [1.54, 1.807) is 6.07 Å². The molecule has 2 aromatic heterocycles. The Kier molecular flexibility index (Phi) is 4.09. The number of ether oxygens (including phenoxy) is 1. The number of hydrogen-bond acceptors (Lipinski definition) is 5. The van der Waals surface area contributed by atoms with Crippen molar-refractivity contribution in [3.8, 4) is 0 Å². The van der Waals surface area contributed by atoms with Crippen LogP contribution in [0.2, 0.25) is 0 Å². The Labute approximate surface area is 145 Å². The van der Waals surface area contributed by atoms with Crippen molar-refractivity contribution >= 4 is 16.7 Å². The molecule has 1 aliphatic heterocycles. The highest BCUT2D eigenvalue weighted by molar-refractivity contribution is 5.89. The fraction of sp³-hybridized carbons (Fsp3) is 0.389. The molecule has 1 unspecified atom stereocenters. The summed E-state index contributed by atoms with van der Waals surface area (Å²) in [6, 6.07) is 6.66. The molecule has 130 valence electrons. The number of fused-ring (bicyclic) bond motifs is 1. The molecule has 0 spiro atoms. The van der Waals surface area contributed by atoms with Crippen LogP contribution in [0.1, 0.15) is 11.4 Å². The van der Waals surface area contributed by atoms with Crippen LogP contribution in [0, 0.1) is 19.7 Å². The van der Waals surface area contributed by atoms with Crippen LogP contribution in [0.25, 0.3) is 10.9 Å². The molecule has 1 aliphatic rings. The maximum atomic E-state index is 13.7. The summed E-state index contributed by atoms with van der Waals surface area (Å²) in [5.41, 5.74) is 2.86. The fourth-order valence-electron chi connectivity index (χ4n) is 3.34. The average molecular weight is 341 g/mol. The minimum Gasteiger partial charge on any atom is -0.373 e. The number of hydrogen-bond donors (Lipinski definition) is 0. The lowest BCUT2D eigenvalue weighted by molar-refractivity contribution is 0.0268. The van der Waals surface area contributed by atoms with Crippen LogP contribution in [0.3, 0.4) is 0 Å². The van der Waals surface area contributed by atoms with Crippen LogP contribution in [-0.4, -0.2) is 45.5 Å². The van der Waals surface area contributed by atoms with Gasteiger partial charge in [-0.3, -0.25) is 4.68 Å². The van der Waals surface area contributed by atoms with Crippen molar-refractivity contribution in [2.45, 2.75) is 26.5 Å². The summed E-state index contributed by atoms with van der Waals surface area (Å²) in [6.45, 7) is 6.72. The van der Waals surface area contributed by atoms with Crippen molar-refractivity contribution in [1.82, 2.24) is 19.7 Å². The Morgan fingerprint density at radius 2 is 2.12 bits per heavy atom. The maximum Gasteiger partial charge on any atom is 0.140 e. The first kappa shape index (κ1) is 16.0. The van der Waals surface area contributed by atoms with Crippen LogP contribution in [-0.2, 0) is 11.3 Å². The first-order chi connectivity index (χ1) is 12.1. The molecular formula is C18H20FN5O. The third kappa shape index (κ3) is 3.19. The average Bonchev–Trinajstić information content (AvgIpc) is 2.91. The molecule has 0 bridgehead atoms. The third-order valence-corrected chi connectivity index (χ3v) is 4.49. The minimum atomic E-state index is -0.281. The zero-order chi connectivity index (χ0) is 17.4. The molecule has 6 nitrogen and oxygen atoms in total. The predicted octanol–water partition coefficient (Wildman–Crippen LogP) is 2.49. The van der Waals surface area contributed by atoms with Gasteiger partial charge in [-0.2, -0.15) is 5.10 Å². The predicted molar refractivity (Wildman–Crippen MR) is 93.2 cm³/mol. The zero-order valence-corrected chi connectivity index (χ0v) is 14.3. The summed E-state index contributed by atoms with van der Waals surface area (Å²) >= 11 is 0. The van der Waals surface area contributed by atoms with E-state index in [1.807, 2.05) is 18.5 Å². The van der Waals surface area contributed by atoms with Crippen molar-refractivity contribution in [2.24, 2.45) is 0 Å². The fourth-order valence-corrected chi connectivity index (χ4v) is 3.34. The van der Waals surface area contributed by atoms with Gasteiger partial charge >= 0.3 is 0 Å². The van der Waals surface area contributed by atoms with Gasteiger partial charge in [0, 0.05) is 24.2 Å². The van der Waals surface area contributed by atoms with Crippen LogP contribution >= 0.6 is 0 Å². The molecule has 0 N–H and O–H groups in total. The highest BCUT2D eigenvalue weighted by atomic mass is 19.1. The minimum absolute atomic E-state index is 0.00493. The van der Waals surface area contributed by atoms with Gasteiger partial charge in [0.1, 0.15) is 18.0 Å². The lowest BCUT2D eigenvalue weighted by Gasteiger charge is -2.34. The number of anilines is 1. The Morgan fingerprint density at radius 3 is 2.92 bits per heavy atom. The van der Waals surface area contributed by atoms with Gasteiger partial charge in [-0.15, -0.1) is 0 Å². The van der Waals surface area contributed by atoms with E-state index in [0.717, 1.165) is 34.7 Å². The summed E-state index contributed by atoms with van der Waals surface area (Å²) in [6.07, 6.45) is 1.53. The lowest BCUT2D eigenvalue weighted by atomic mass is 10.2. The van der Waals surface area contributed by atoms with E-state index in [1.165, 1.54) is 18.5 Å². The Bertz CT molecular complexity index is 910. The highest BCUT2D eigenvalue weighted by Crippen LogP contribution is 2.25.